The molecule has 4 rings (SSSR count). The summed E-state index contributed by atoms with van der Waals surface area (Å²) in [6.45, 7) is 2.17. The highest BCUT2D eigenvalue weighted by Crippen LogP contribution is 2.32. The van der Waals surface area contributed by atoms with E-state index in [4.69, 9.17) is 9.47 Å². The van der Waals surface area contributed by atoms with Gasteiger partial charge in [0.1, 0.15) is 11.5 Å². The van der Waals surface area contributed by atoms with Crippen LogP contribution in [0.25, 0.3) is 17.2 Å². The lowest BCUT2D eigenvalue weighted by Crippen LogP contribution is -2.23. The minimum Gasteiger partial charge on any atom is -0.497 e. The van der Waals surface area contributed by atoms with Crippen LogP contribution in [0.2, 0.25) is 0 Å². The van der Waals surface area contributed by atoms with E-state index in [0.717, 1.165) is 11.1 Å². The number of pyridine rings is 1. The quantitative estimate of drug-likeness (QED) is 0.481. The van der Waals surface area contributed by atoms with Crippen molar-refractivity contribution in [3.05, 3.63) is 78.0 Å². The minimum atomic E-state index is -0.233. The molecule has 4 aromatic rings. The number of rotatable bonds is 7. The Morgan fingerprint density at radius 1 is 1.09 bits per heavy atom. The Hall–Kier alpha value is -4.27. The SMILES string of the molecule is COc1ccc(OC)c(-c2ccnc(-n3ncc(C(=O)NCc4cccnc4)c3C)n2)c1. The molecular formula is C23H22N6O3. The van der Waals surface area contributed by atoms with Crippen molar-refractivity contribution in [2.75, 3.05) is 14.2 Å². The number of benzene rings is 1. The molecule has 32 heavy (non-hydrogen) atoms. The number of ether oxygens (including phenoxy) is 2. The van der Waals surface area contributed by atoms with Crippen LogP contribution in [0.5, 0.6) is 11.5 Å². The van der Waals surface area contributed by atoms with Crippen LogP contribution in [0.3, 0.4) is 0 Å². The number of amides is 1. The highest BCUT2D eigenvalue weighted by Gasteiger charge is 2.17. The Morgan fingerprint density at radius 3 is 2.72 bits per heavy atom. The van der Waals surface area contributed by atoms with Crippen molar-refractivity contribution in [1.29, 1.82) is 0 Å². The Bertz CT molecular complexity index is 1240. The smallest absolute Gasteiger partial charge is 0.255 e. The van der Waals surface area contributed by atoms with E-state index >= 15 is 0 Å². The molecule has 3 aromatic heterocycles. The van der Waals surface area contributed by atoms with Gasteiger partial charge in [0.25, 0.3) is 11.9 Å². The summed E-state index contributed by atoms with van der Waals surface area (Å²) < 4.78 is 12.3. The summed E-state index contributed by atoms with van der Waals surface area (Å²) >= 11 is 0. The van der Waals surface area contributed by atoms with Crippen LogP contribution in [-0.2, 0) is 6.54 Å². The van der Waals surface area contributed by atoms with Crippen molar-refractivity contribution < 1.29 is 14.3 Å². The number of hydrogen-bond donors (Lipinski definition) is 1. The third-order valence-electron chi connectivity index (χ3n) is 4.95. The van der Waals surface area contributed by atoms with E-state index in [0.29, 0.717) is 40.9 Å². The molecule has 9 nitrogen and oxygen atoms in total. The summed E-state index contributed by atoms with van der Waals surface area (Å²) in [6, 6.07) is 11.0. The van der Waals surface area contributed by atoms with Crippen molar-refractivity contribution in [2.45, 2.75) is 13.5 Å². The first kappa shape index (κ1) is 21.0. The van der Waals surface area contributed by atoms with E-state index in [1.165, 1.54) is 10.9 Å². The lowest BCUT2D eigenvalue weighted by molar-refractivity contribution is 0.0950. The standard InChI is InChI=1S/C23H22N6O3/c1-15-19(22(30)26-13-16-5-4-9-24-12-16)14-27-29(15)23-25-10-8-20(28-23)18-11-17(31-2)6-7-21(18)32-3/h4-12,14H,13H2,1-3H3,(H,26,30). The molecule has 0 radical (unpaired) electrons. The van der Waals surface area contributed by atoms with Gasteiger partial charge in [0, 0.05) is 30.7 Å². The Kier molecular flexibility index (Phi) is 6.07. The molecular weight excluding hydrogens is 408 g/mol. The van der Waals surface area contributed by atoms with Crippen molar-refractivity contribution in [3.8, 4) is 28.7 Å². The summed E-state index contributed by atoms with van der Waals surface area (Å²) in [7, 11) is 3.20. The van der Waals surface area contributed by atoms with E-state index in [1.54, 1.807) is 45.8 Å². The van der Waals surface area contributed by atoms with Crippen LogP contribution in [-0.4, -0.2) is 44.9 Å². The van der Waals surface area contributed by atoms with Gasteiger partial charge >= 0.3 is 0 Å². The molecule has 0 aliphatic heterocycles. The van der Waals surface area contributed by atoms with Gasteiger partial charge in [0.05, 0.1) is 37.4 Å². The van der Waals surface area contributed by atoms with Gasteiger partial charge in [-0.05, 0) is 42.8 Å². The van der Waals surface area contributed by atoms with E-state index in [-0.39, 0.29) is 5.91 Å². The fraction of sp³-hybridized carbons (Fsp3) is 0.174. The molecule has 0 fully saturated rings. The fourth-order valence-corrected chi connectivity index (χ4v) is 3.23. The summed E-state index contributed by atoms with van der Waals surface area (Å²) in [5.41, 5.74) is 3.39. The molecule has 0 aliphatic rings. The number of nitrogens with zero attached hydrogens (tertiary/aromatic N) is 5. The normalized spacial score (nSPS) is 10.6. The lowest BCUT2D eigenvalue weighted by atomic mass is 10.1. The summed E-state index contributed by atoms with van der Waals surface area (Å²) in [5, 5.41) is 7.22. The third-order valence-corrected chi connectivity index (χ3v) is 4.95. The Morgan fingerprint density at radius 2 is 1.97 bits per heavy atom. The summed E-state index contributed by atoms with van der Waals surface area (Å²) in [4.78, 5) is 25.7. The van der Waals surface area contributed by atoms with Crippen LogP contribution in [0, 0.1) is 6.92 Å². The van der Waals surface area contributed by atoms with Crippen molar-refractivity contribution in [3.63, 3.8) is 0 Å². The summed E-state index contributed by atoms with van der Waals surface area (Å²) in [6.07, 6.45) is 6.55. The molecule has 1 aromatic carbocycles. The second-order valence-corrected chi connectivity index (χ2v) is 6.91. The zero-order chi connectivity index (χ0) is 22.5. The average Bonchev–Trinajstić information content (AvgIpc) is 3.24. The predicted octanol–water partition coefficient (Wildman–Crippen LogP) is 2.98. The monoisotopic (exact) mass is 430 g/mol. The molecule has 0 unspecified atom stereocenters. The topological polar surface area (TPSA) is 104 Å². The molecule has 0 spiro atoms. The van der Waals surface area contributed by atoms with Gasteiger partial charge in [-0.2, -0.15) is 5.10 Å². The van der Waals surface area contributed by atoms with Gasteiger partial charge in [-0.15, -0.1) is 0 Å². The third kappa shape index (κ3) is 4.27. The number of hydrogen-bond acceptors (Lipinski definition) is 7. The van der Waals surface area contributed by atoms with Crippen LogP contribution >= 0.6 is 0 Å². The molecule has 1 amide bonds. The molecule has 0 aliphatic carbocycles. The summed E-state index contributed by atoms with van der Waals surface area (Å²) in [5.74, 6) is 1.45. The number of carbonyl (C=O) groups is 1. The van der Waals surface area contributed by atoms with Gasteiger partial charge in [0.15, 0.2) is 0 Å². The maximum Gasteiger partial charge on any atom is 0.255 e. The molecule has 3 heterocycles. The number of aromatic nitrogens is 5. The number of carbonyl (C=O) groups excluding carboxylic acids is 1. The lowest BCUT2D eigenvalue weighted by Gasteiger charge is -2.11. The molecule has 0 saturated carbocycles. The zero-order valence-electron chi connectivity index (χ0n) is 17.9. The van der Waals surface area contributed by atoms with Gasteiger partial charge in [-0.3, -0.25) is 9.78 Å². The fourth-order valence-electron chi connectivity index (χ4n) is 3.23. The first-order chi connectivity index (χ1) is 15.6. The highest BCUT2D eigenvalue weighted by atomic mass is 16.5. The molecule has 0 atom stereocenters. The van der Waals surface area contributed by atoms with Crippen LogP contribution in [0.4, 0.5) is 0 Å². The van der Waals surface area contributed by atoms with E-state index in [1.807, 2.05) is 30.3 Å². The van der Waals surface area contributed by atoms with Crippen molar-refractivity contribution >= 4 is 5.91 Å². The predicted molar refractivity (Wildman–Crippen MR) is 118 cm³/mol. The van der Waals surface area contributed by atoms with Crippen LogP contribution in [0.1, 0.15) is 21.6 Å². The molecule has 0 bridgehead atoms. The van der Waals surface area contributed by atoms with E-state index in [9.17, 15) is 4.79 Å². The maximum atomic E-state index is 12.7. The van der Waals surface area contributed by atoms with Crippen LogP contribution in [0.15, 0.2) is 61.2 Å². The van der Waals surface area contributed by atoms with Crippen LogP contribution < -0.4 is 14.8 Å². The molecule has 9 heteroatoms. The van der Waals surface area contributed by atoms with Gasteiger partial charge in [0.2, 0.25) is 0 Å². The highest BCUT2D eigenvalue weighted by molar-refractivity contribution is 5.95. The number of methoxy groups -OCH3 is 2. The van der Waals surface area contributed by atoms with Crippen molar-refractivity contribution in [2.24, 2.45) is 0 Å². The van der Waals surface area contributed by atoms with Gasteiger partial charge in [-0.25, -0.2) is 14.6 Å². The van der Waals surface area contributed by atoms with Gasteiger partial charge in [-0.1, -0.05) is 6.07 Å². The molecule has 162 valence electrons. The van der Waals surface area contributed by atoms with E-state index in [2.05, 4.69) is 25.4 Å². The second kappa shape index (κ2) is 9.25. The first-order valence-corrected chi connectivity index (χ1v) is 9.88. The average molecular weight is 430 g/mol. The Labute approximate surface area is 185 Å². The van der Waals surface area contributed by atoms with Crippen molar-refractivity contribution in [1.82, 2.24) is 30.0 Å². The minimum absolute atomic E-state index is 0.233. The van der Waals surface area contributed by atoms with Gasteiger partial charge < -0.3 is 14.8 Å². The first-order valence-electron chi connectivity index (χ1n) is 9.88. The van der Waals surface area contributed by atoms with E-state index < -0.39 is 0 Å². The Balaban J connectivity index is 1.61. The zero-order valence-corrected chi connectivity index (χ0v) is 17.9. The number of nitrogens with one attached hydrogen (secondary N) is 1. The molecule has 0 saturated heterocycles. The maximum absolute atomic E-state index is 12.7. The molecule has 1 N–H and O–H groups in total. The largest absolute Gasteiger partial charge is 0.497 e. The second-order valence-electron chi connectivity index (χ2n) is 6.91.